The van der Waals surface area contributed by atoms with Gasteiger partial charge in [-0.05, 0) is 25.0 Å². The predicted octanol–water partition coefficient (Wildman–Crippen LogP) is 2.48. The average Bonchev–Trinajstić information content (AvgIpc) is 2.50. The zero-order chi connectivity index (χ0) is 14.6. The molecule has 0 aliphatic heterocycles. The largest absolute Gasteiger partial charge is 0.375 e. The van der Waals surface area contributed by atoms with Crippen molar-refractivity contribution in [3.8, 4) is 0 Å². The highest BCUT2D eigenvalue weighted by molar-refractivity contribution is 5.79. The molecule has 0 saturated carbocycles. The number of para-hydroxylation sites is 1. The molecule has 0 atom stereocenters. The minimum absolute atomic E-state index is 0.904. The Hall–Kier alpha value is -1.71. The SMILES string of the molecule is CCCCNC(=NC)NCCCN(C)c1ccccc1. The molecule has 4 nitrogen and oxygen atoms in total. The van der Waals surface area contributed by atoms with Crippen molar-refractivity contribution in [2.75, 3.05) is 38.6 Å². The van der Waals surface area contributed by atoms with Gasteiger partial charge in [-0.1, -0.05) is 31.5 Å². The Balaban J connectivity index is 2.17. The second kappa shape index (κ2) is 10.1. The fourth-order valence-corrected chi connectivity index (χ4v) is 1.94. The summed E-state index contributed by atoms with van der Waals surface area (Å²) in [6, 6.07) is 10.5. The number of hydrogen-bond donors (Lipinski definition) is 2. The number of rotatable bonds is 8. The van der Waals surface area contributed by atoms with E-state index < -0.39 is 0 Å². The fraction of sp³-hybridized carbons (Fsp3) is 0.562. The van der Waals surface area contributed by atoms with E-state index in [1.54, 1.807) is 0 Å². The van der Waals surface area contributed by atoms with Crippen molar-refractivity contribution in [1.82, 2.24) is 10.6 Å². The molecule has 0 bridgehead atoms. The summed E-state index contributed by atoms with van der Waals surface area (Å²) in [5, 5.41) is 6.66. The topological polar surface area (TPSA) is 39.7 Å². The van der Waals surface area contributed by atoms with Crippen LogP contribution in [0.4, 0.5) is 5.69 Å². The Labute approximate surface area is 123 Å². The van der Waals surface area contributed by atoms with Gasteiger partial charge in [0.1, 0.15) is 0 Å². The molecule has 0 heterocycles. The van der Waals surface area contributed by atoms with Gasteiger partial charge in [0.15, 0.2) is 5.96 Å². The van der Waals surface area contributed by atoms with E-state index in [9.17, 15) is 0 Å². The third kappa shape index (κ3) is 6.45. The van der Waals surface area contributed by atoms with Crippen molar-refractivity contribution in [1.29, 1.82) is 0 Å². The second-order valence-electron chi connectivity index (χ2n) is 4.89. The summed E-state index contributed by atoms with van der Waals surface area (Å²) in [5.74, 6) is 0.904. The molecule has 1 aromatic rings. The van der Waals surface area contributed by atoms with Crippen molar-refractivity contribution >= 4 is 11.6 Å². The zero-order valence-corrected chi connectivity index (χ0v) is 13.0. The molecule has 1 aromatic carbocycles. The lowest BCUT2D eigenvalue weighted by Crippen LogP contribution is -2.39. The van der Waals surface area contributed by atoms with Crippen molar-refractivity contribution < 1.29 is 0 Å². The molecule has 0 aliphatic carbocycles. The number of anilines is 1. The lowest BCUT2D eigenvalue weighted by Gasteiger charge is -2.19. The molecular formula is C16H28N4. The average molecular weight is 276 g/mol. The van der Waals surface area contributed by atoms with E-state index in [1.807, 2.05) is 13.1 Å². The van der Waals surface area contributed by atoms with Gasteiger partial charge in [0, 0.05) is 39.4 Å². The molecule has 0 aromatic heterocycles. The molecule has 2 N–H and O–H groups in total. The van der Waals surface area contributed by atoms with Gasteiger partial charge in [-0.25, -0.2) is 0 Å². The van der Waals surface area contributed by atoms with E-state index in [0.717, 1.165) is 32.0 Å². The normalized spacial score (nSPS) is 11.2. The number of benzene rings is 1. The maximum atomic E-state index is 4.22. The van der Waals surface area contributed by atoms with Gasteiger partial charge in [0.05, 0.1) is 0 Å². The van der Waals surface area contributed by atoms with Gasteiger partial charge >= 0.3 is 0 Å². The Bertz CT molecular complexity index is 375. The predicted molar refractivity (Wildman–Crippen MR) is 88.6 cm³/mol. The van der Waals surface area contributed by atoms with Crippen molar-refractivity contribution in [3.63, 3.8) is 0 Å². The summed E-state index contributed by atoms with van der Waals surface area (Å²) in [7, 11) is 3.95. The zero-order valence-electron chi connectivity index (χ0n) is 13.0. The molecule has 0 spiro atoms. The number of aliphatic imine (C=N–C) groups is 1. The van der Waals surface area contributed by atoms with Crippen molar-refractivity contribution in [3.05, 3.63) is 30.3 Å². The molecule has 1 rings (SSSR count). The number of guanidine groups is 1. The summed E-state index contributed by atoms with van der Waals surface area (Å²) in [6.45, 7) is 5.14. The van der Waals surface area contributed by atoms with E-state index in [4.69, 9.17) is 0 Å². The van der Waals surface area contributed by atoms with Crippen LogP contribution in [-0.2, 0) is 0 Å². The highest BCUT2D eigenvalue weighted by atomic mass is 15.2. The summed E-state index contributed by atoms with van der Waals surface area (Å²) in [5.41, 5.74) is 1.26. The van der Waals surface area contributed by atoms with Gasteiger partial charge < -0.3 is 15.5 Å². The molecule has 112 valence electrons. The summed E-state index contributed by atoms with van der Waals surface area (Å²) < 4.78 is 0. The van der Waals surface area contributed by atoms with E-state index in [1.165, 1.54) is 18.5 Å². The molecule has 0 unspecified atom stereocenters. The minimum Gasteiger partial charge on any atom is -0.375 e. The third-order valence-electron chi connectivity index (χ3n) is 3.21. The van der Waals surface area contributed by atoms with Gasteiger partial charge in [0.25, 0.3) is 0 Å². The molecule has 20 heavy (non-hydrogen) atoms. The van der Waals surface area contributed by atoms with Gasteiger partial charge in [-0.2, -0.15) is 0 Å². The van der Waals surface area contributed by atoms with Crippen LogP contribution in [0.3, 0.4) is 0 Å². The quantitative estimate of drug-likeness (QED) is 0.435. The molecule has 0 amide bonds. The summed E-state index contributed by atoms with van der Waals surface area (Å²) >= 11 is 0. The Morgan fingerprint density at radius 3 is 2.35 bits per heavy atom. The van der Waals surface area contributed by atoms with Crippen LogP contribution < -0.4 is 15.5 Å². The van der Waals surface area contributed by atoms with Crippen LogP contribution in [0.15, 0.2) is 35.3 Å². The van der Waals surface area contributed by atoms with Crippen LogP contribution in [0.2, 0.25) is 0 Å². The van der Waals surface area contributed by atoms with E-state index in [2.05, 4.69) is 58.8 Å². The van der Waals surface area contributed by atoms with Gasteiger partial charge in [-0.3, -0.25) is 4.99 Å². The Morgan fingerprint density at radius 1 is 1.10 bits per heavy atom. The van der Waals surface area contributed by atoms with E-state index >= 15 is 0 Å². The van der Waals surface area contributed by atoms with Crippen molar-refractivity contribution in [2.45, 2.75) is 26.2 Å². The maximum Gasteiger partial charge on any atom is 0.190 e. The van der Waals surface area contributed by atoms with Gasteiger partial charge in [0.2, 0.25) is 0 Å². The van der Waals surface area contributed by atoms with Crippen molar-refractivity contribution in [2.24, 2.45) is 4.99 Å². The monoisotopic (exact) mass is 276 g/mol. The first-order valence-corrected chi connectivity index (χ1v) is 7.48. The lowest BCUT2D eigenvalue weighted by atomic mass is 10.3. The van der Waals surface area contributed by atoms with Crippen LogP contribution >= 0.6 is 0 Å². The van der Waals surface area contributed by atoms with Crippen LogP contribution in [0.5, 0.6) is 0 Å². The molecule has 0 aliphatic rings. The summed E-state index contributed by atoms with van der Waals surface area (Å²) in [4.78, 5) is 6.49. The highest BCUT2D eigenvalue weighted by Crippen LogP contribution is 2.10. The second-order valence-corrected chi connectivity index (χ2v) is 4.89. The number of hydrogen-bond acceptors (Lipinski definition) is 2. The molecule has 0 radical (unpaired) electrons. The highest BCUT2D eigenvalue weighted by Gasteiger charge is 2.00. The molecule has 0 saturated heterocycles. The standard InChI is InChI=1S/C16H28N4/c1-4-5-12-18-16(17-2)19-13-9-14-20(3)15-10-7-6-8-11-15/h6-8,10-11H,4-5,9,12-14H2,1-3H3,(H2,17,18,19). The number of unbranched alkanes of at least 4 members (excludes halogenated alkanes) is 1. The van der Waals surface area contributed by atoms with Gasteiger partial charge in [-0.15, -0.1) is 0 Å². The lowest BCUT2D eigenvalue weighted by molar-refractivity contribution is 0.706. The van der Waals surface area contributed by atoms with E-state index in [-0.39, 0.29) is 0 Å². The third-order valence-corrected chi connectivity index (χ3v) is 3.21. The Kier molecular flexibility index (Phi) is 8.27. The number of nitrogens with one attached hydrogen (secondary N) is 2. The maximum absolute atomic E-state index is 4.22. The van der Waals surface area contributed by atoms with E-state index in [0.29, 0.717) is 0 Å². The molecular weight excluding hydrogens is 248 g/mol. The Morgan fingerprint density at radius 2 is 1.75 bits per heavy atom. The summed E-state index contributed by atoms with van der Waals surface area (Å²) in [6.07, 6.45) is 3.46. The molecule has 4 heteroatoms. The smallest absolute Gasteiger partial charge is 0.190 e. The molecule has 0 fully saturated rings. The first-order valence-electron chi connectivity index (χ1n) is 7.48. The van der Waals surface area contributed by atoms with Crippen LogP contribution in [-0.4, -0.2) is 39.7 Å². The van der Waals surface area contributed by atoms with Crippen LogP contribution in [0, 0.1) is 0 Å². The fourth-order valence-electron chi connectivity index (χ4n) is 1.94. The first-order chi connectivity index (χ1) is 9.77. The minimum atomic E-state index is 0.904. The number of nitrogens with zero attached hydrogens (tertiary/aromatic N) is 2. The first kappa shape index (κ1) is 16.3. The van der Waals surface area contributed by atoms with Crippen LogP contribution in [0.1, 0.15) is 26.2 Å². The van der Waals surface area contributed by atoms with Crippen LogP contribution in [0.25, 0.3) is 0 Å².